The predicted molar refractivity (Wildman–Crippen MR) is 138 cm³/mol. The number of rotatable bonds is 8. The molecule has 180 valence electrons. The summed E-state index contributed by atoms with van der Waals surface area (Å²) in [4.78, 5) is 38.3. The fraction of sp³-hybridized carbons (Fsp3) is 0.160. The summed E-state index contributed by atoms with van der Waals surface area (Å²) in [5, 5.41) is -0.429. The maximum Gasteiger partial charge on any atom is 0.373 e. The number of furan rings is 1. The van der Waals surface area contributed by atoms with Crippen LogP contribution < -0.4 is 9.47 Å². The van der Waals surface area contributed by atoms with Crippen LogP contribution in [0, 0.1) is 3.57 Å². The van der Waals surface area contributed by atoms with Crippen molar-refractivity contribution in [1.29, 1.82) is 0 Å². The first-order valence-corrected chi connectivity index (χ1v) is 12.3. The number of halogens is 1. The molecule has 0 bridgehead atoms. The van der Waals surface area contributed by atoms with Gasteiger partial charge < -0.3 is 18.6 Å². The molecule has 0 N–H and O–H groups in total. The molecule has 2 aromatic carbocycles. The second kappa shape index (κ2) is 11.0. The molecule has 0 saturated carbocycles. The molecule has 2 heterocycles. The van der Waals surface area contributed by atoms with E-state index in [1.165, 1.54) is 19.2 Å². The summed E-state index contributed by atoms with van der Waals surface area (Å²) in [5.41, 5.74) is 1.72. The lowest BCUT2D eigenvalue weighted by Gasteiger charge is -2.14. The van der Waals surface area contributed by atoms with Gasteiger partial charge in [-0.05, 0) is 75.8 Å². The number of carbonyl (C=O) groups excluding carboxylic acids is 3. The fourth-order valence-corrected chi connectivity index (χ4v) is 4.93. The Kier molecular flexibility index (Phi) is 7.81. The number of imide groups is 1. The standard InChI is InChI=1S/C25H20INO7S/c1-31-20-11-16(10-18(26)22(20)33-14-15-6-4-3-5-7-15)12-21-23(28)27(25(30)35-21)13-17-8-9-19(34-17)24(29)32-2/h3-12H,13-14H2,1-2H3/b21-12+. The monoisotopic (exact) mass is 605 g/mol. The van der Waals surface area contributed by atoms with Gasteiger partial charge in [0.15, 0.2) is 11.5 Å². The largest absolute Gasteiger partial charge is 0.493 e. The zero-order chi connectivity index (χ0) is 24.9. The first-order chi connectivity index (χ1) is 16.9. The van der Waals surface area contributed by atoms with Gasteiger partial charge in [0.05, 0.1) is 29.2 Å². The Morgan fingerprint density at radius 1 is 1.11 bits per heavy atom. The zero-order valence-electron chi connectivity index (χ0n) is 18.8. The number of methoxy groups -OCH3 is 2. The molecule has 2 amide bonds. The minimum absolute atomic E-state index is 0.00116. The van der Waals surface area contributed by atoms with Crippen LogP contribution >= 0.6 is 34.4 Å². The maximum absolute atomic E-state index is 12.9. The van der Waals surface area contributed by atoms with Crippen molar-refractivity contribution >= 4 is 57.5 Å². The first-order valence-electron chi connectivity index (χ1n) is 10.4. The van der Waals surface area contributed by atoms with Crippen LogP contribution in [0.5, 0.6) is 11.5 Å². The molecular formula is C25H20INO7S. The second-order valence-electron chi connectivity index (χ2n) is 7.33. The van der Waals surface area contributed by atoms with Gasteiger partial charge in [-0.25, -0.2) is 4.79 Å². The number of nitrogens with zero attached hydrogens (tertiary/aromatic N) is 1. The Morgan fingerprint density at radius 2 is 1.89 bits per heavy atom. The van der Waals surface area contributed by atoms with Crippen LogP contribution in [0.1, 0.15) is 27.4 Å². The Morgan fingerprint density at radius 3 is 2.60 bits per heavy atom. The van der Waals surface area contributed by atoms with Gasteiger partial charge in [0.1, 0.15) is 12.4 Å². The summed E-state index contributed by atoms with van der Waals surface area (Å²) >= 11 is 2.99. The van der Waals surface area contributed by atoms with E-state index in [0.717, 1.165) is 25.8 Å². The van der Waals surface area contributed by atoms with Crippen molar-refractivity contribution in [2.75, 3.05) is 14.2 Å². The van der Waals surface area contributed by atoms with E-state index < -0.39 is 17.1 Å². The topological polar surface area (TPSA) is 95.3 Å². The highest BCUT2D eigenvalue weighted by atomic mass is 127. The van der Waals surface area contributed by atoms with Gasteiger partial charge in [-0.3, -0.25) is 14.5 Å². The molecule has 3 aromatic rings. The van der Waals surface area contributed by atoms with Crippen LogP contribution in [-0.4, -0.2) is 36.2 Å². The number of ether oxygens (including phenoxy) is 3. The lowest BCUT2D eigenvalue weighted by molar-refractivity contribution is -0.123. The minimum Gasteiger partial charge on any atom is -0.493 e. The molecule has 0 spiro atoms. The van der Waals surface area contributed by atoms with E-state index in [1.807, 2.05) is 36.4 Å². The highest BCUT2D eigenvalue weighted by molar-refractivity contribution is 14.1. The summed E-state index contributed by atoms with van der Waals surface area (Å²) in [6, 6.07) is 16.4. The fourth-order valence-electron chi connectivity index (χ4n) is 3.31. The van der Waals surface area contributed by atoms with Crippen LogP contribution in [0.3, 0.4) is 0 Å². The zero-order valence-corrected chi connectivity index (χ0v) is 21.8. The number of amides is 2. The number of hydrogen-bond donors (Lipinski definition) is 0. The van der Waals surface area contributed by atoms with E-state index >= 15 is 0 Å². The smallest absolute Gasteiger partial charge is 0.373 e. The first kappa shape index (κ1) is 24.9. The van der Waals surface area contributed by atoms with E-state index in [2.05, 4.69) is 27.3 Å². The van der Waals surface area contributed by atoms with E-state index in [9.17, 15) is 14.4 Å². The van der Waals surface area contributed by atoms with Crippen molar-refractivity contribution in [1.82, 2.24) is 4.90 Å². The van der Waals surface area contributed by atoms with Crippen LogP contribution in [0.4, 0.5) is 4.79 Å². The molecule has 4 rings (SSSR count). The van der Waals surface area contributed by atoms with Gasteiger partial charge in [0, 0.05) is 0 Å². The molecule has 1 aromatic heterocycles. The maximum atomic E-state index is 12.9. The molecular weight excluding hydrogens is 585 g/mol. The SMILES string of the molecule is COC(=O)c1ccc(CN2C(=O)S/C(=C/c3cc(I)c(OCc4ccccc4)c(OC)c3)C2=O)o1. The summed E-state index contributed by atoms with van der Waals surface area (Å²) in [5.74, 6) is 0.330. The van der Waals surface area contributed by atoms with Crippen molar-refractivity contribution in [3.05, 3.63) is 85.7 Å². The second-order valence-corrected chi connectivity index (χ2v) is 9.49. The molecule has 8 nitrogen and oxygen atoms in total. The normalized spacial score (nSPS) is 14.5. The molecule has 1 saturated heterocycles. The van der Waals surface area contributed by atoms with Gasteiger partial charge >= 0.3 is 5.97 Å². The van der Waals surface area contributed by atoms with Gasteiger partial charge in [-0.2, -0.15) is 0 Å². The van der Waals surface area contributed by atoms with E-state index in [0.29, 0.717) is 29.4 Å². The van der Waals surface area contributed by atoms with Crippen molar-refractivity contribution in [2.45, 2.75) is 13.2 Å². The highest BCUT2D eigenvalue weighted by Crippen LogP contribution is 2.38. The molecule has 0 atom stereocenters. The third-order valence-electron chi connectivity index (χ3n) is 5.01. The molecule has 0 aliphatic carbocycles. The number of esters is 1. The van der Waals surface area contributed by atoms with E-state index in [1.54, 1.807) is 19.3 Å². The average molecular weight is 605 g/mol. The van der Waals surface area contributed by atoms with Crippen molar-refractivity contribution in [2.24, 2.45) is 0 Å². The average Bonchev–Trinajstić information content (AvgIpc) is 3.43. The van der Waals surface area contributed by atoms with Crippen molar-refractivity contribution in [3.8, 4) is 11.5 Å². The Bertz CT molecular complexity index is 1300. The molecule has 1 aliphatic heterocycles. The molecule has 0 radical (unpaired) electrons. The third kappa shape index (κ3) is 5.70. The van der Waals surface area contributed by atoms with Crippen molar-refractivity contribution in [3.63, 3.8) is 0 Å². The van der Waals surface area contributed by atoms with Gasteiger partial charge in [0.25, 0.3) is 11.1 Å². The minimum atomic E-state index is -0.634. The van der Waals surface area contributed by atoms with Crippen LogP contribution in [-0.2, 0) is 22.7 Å². The van der Waals surface area contributed by atoms with Gasteiger partial charge in [-0.15, -0.1) is 0 Å². The number of hydrogen-bond acceptors (Lipinski definition) is 8. The highest BCUT2D eigenvalue weighted by Gasteiger charge is 2.36. The summed E-state index contributed by atoms with van der Waals surface area (Å²) < 4.78 is 22.3. The van der Waals surface area contributed by atoms with E-state index in [-0.39, 0.29) is 17.2 Å². The molecule has 10 heteroatoms. The van der Waals surface area contributed by atoms with Gasteiger partial charge in [-0.1, -0.05) is 30.3 Å². The Hall–Kier alpha value is -3.25. The number of thioether (sulfide) groups is 1. The van der Waals surface area contributed by atoms with Crippen molar-refractivity contribution < 1.29 is 33.0 Å². The molecule has 0 unspecified atom stereocenters. The summed E-state index contributed by atoms with van der Waals surface area (Å²) in [7, 11) is 2.79. The molecule has 35 heavy (non-hydrogen) atoms. The third-order valence-corrected chi connectivity index (χ3v) is 6.72. The molecule has 1 fully saturated rings. The number of benzene rings is 2. The lowest BCUT2D eigenvalue weighted by Crippen LogP contribution is -2.27. The van der Waals surface area contributed by atoms with Crippen LogP contribution in [0.2, 0.25) is 0 Å². The quantitative estimate of drug-likeness (QED) is 0.189. The Balaban J connectivity index is 1.51. The predicted octanol–water partition coefficient (Wildman–Crippen LogP) is 5.49. The van der Waals surface area contributed by atoms with E-state index in [4.69, 9.17) is 13.9 Å². The lowest BCUT2D eigenvalue weighted by atomic mass is 10.1. The summed E-state index contributed by atoms with van der Waals surface area (Å²) in [6.45, 7) is 0.294. The number of carbonyl (C=O) groups is 3. The molecule has 1 aliphatic rings. The van der Waals surface area contributed by atoms with Crippen LogP contribution in [0.15, 0.2) is 63.9 Å². The van der Waals surface area contributed by atoms with Crippen LogP contribution in [0.25, 0.3) is 6.08 Å². The van der Waals surface area contributed by atoms with Gasteiger partial charge in [0.2, 0.25) is 5.76 Å². The summed E-state index contributed by atoms with van der Waals surface area (Å²) in [6.07, 6.45) is 1.64. The Labute approximate surface area is 219 Å².